The van der Waals surface area contributed by atoms with E-state index in [0.717, 1.165) is 11.4 Å². The molecular weight excluding hydrogens is 486 g/mol. The fourth-order valence-electron chi connectivity index (χ4n) is 4.23. The van der Waals surface area contributed by atoms with Crippen LogP contribution < -0.4 is 20.7 Å². The first-order valence-electron chi connectivity index (χ1n) is 11.1. The van der Waals surface area contributed by atoms with Crippen molar-refractivity contribution in [3.63, 3.8) is 0 Å². The van der Waals surface area contributed by atoms with E-state index >= 15 is 0 Å². The summed E-state index contributed by atoms with van der Waals surface area (Å²) in [5, 5.41) is 17.1. The lowest BCUT2D eigenvalue weighted by Gasteiger charge is -2.43. The number of carbonyl (C=O) groups is 1. The Morgan fingerprint density at radius 1 is 1.19 bits per heavy atom. The van der Waals surface area contributed by atoms with Crippen LogP contribution in [0.3, 0.4) is 0 Å². The summed E-state index contributed by atoms with van der Waals surface area (Å²) in [6.07, 6.45) is 4.25. The van der Waals surface area contributed by atoms with E-state index in [9.17, 15) is 14.7 Å². The Morgan fingerprint density at radius 3 is 2.72 bits per heavy atom. The number of piperazine rings is 1. The molecule has 12 heteroatoms. The van der Waals surface area contributed by atoms with Crippen molar-refractivity contribution < 1.29 is 14.4 Å². The molecule has 4 aromatic rings. The number of hydrogen-bond donors (Lipinski definition) is 2. The lowest BCUT2D eigenvalue weighted by molar-refractivity contribution is 0.101. The van der Waals surface area contributed by atoms with Crippen LogP contribution in [0.5, 0.6) is 5.75 Å². The largest absolute Gasteiger partial charge is 0.501 e. The molecule has 1 aliphatic rings. The summed E-state index contributed by atoms with van der Waals surface area (Å²) in [6, 6.07) is 12.8. The average Bonchev–Trinajstić information content (AvgIpc) is 3.41. The first-order valence-corrected chi connectivity index (χ1v) is 11.5. The summed E-state index contributed by atoms with van der Waals surface area (Å²) in [5.74, 6) is -0.484. The molecule has 1 saturated heterocycles. The van der Waals surface area contributed by atoms with Crippen molar-refractivity contribution in [2.24, 2.45) is 7.05 Å². The minimum atomic E-state index is -0.768. The molecule has 1 amide bonds. The Balaban J connectivity index is 1.57. The zero-order valence-corrected chi connectivity index (χ0v) is 20.0. The van der Waals surface area contributed by atoms with Crippen LogP contribution in [0.1, 0.15) is 22.1 Å². The first-order chi connectivity index (χ1) is 17.4. The maximum atomic E-state index is 12.9. The van der Waals surface area contributed by atoms with Gasteiger partial charge in [0.25, 0.3) is 11.5 Å². The smallest absolute Gasteiger partial charge is 0.297 e. The molecule has 184 valence electrons. The van der Waals surface area contributed by atoms with E-state index in [1.807, 2.05) is 41.3 Å². The third kappa shape index (κ3) is 4.36. The molecule has 2 N–H and O–H groups in total. The Hall–Kier alpha value is -4.38. The van der Waals surface area contributed by atoms with Gasteiger partial charge in [-0.05, 0) is 23.8 Å². The quantitative estimate of drug-likeness (QED) is 0.418. The number of benzene rings is 1. The van der Waals surface area contributed by atoms with Gasteiger partial charge in [-0.25, -0.2) is 9.97 Å². The van der Waals surface area contributed by atoms with Crippen LogP contribution in [0.25, 0.3) is 0 Å². The molecule has 0 aliphatic carbocycles. The number of rotatable bonds is 5. The molecule has 1 atom stereocenters. The monoisotopic (exact) mass is 507 g/mol. The van der Waals surface area contributed by atoms with Crippen LogP contribution in [0, 0.1) is 0 Å². The molecule has 0 radical (unpaired) electrons. The highest BCUT2D eigenvalue weighted by atomic mass is 35.5. The fraction of sp³-hybridized carbons (Fsp3) is 0.208. The second-order valence-electron chi connectivity index (χ2n) is 8.21. The number of aromatic hydroxyl groups is 1. The predicted molar refractivity (Wildman–Crippen MR) is 134 cm³/mol. The van der Waals surface area contributed by atoms with E-state index in [0.29, 0.717) is 24.7 Å². The molecule has 5 rings (SSSR count). The molecule has 11 nitrogen and oxygen atoms in total. The van der Waals surface area contributed by atoms with Gasteiger partial charge in [-0.1, -0.05) is 41.0 Å². The molecule has 36 heavy (non-hydrogen) atoms. The summed E-state index contributed by atoms with van der Waals surface area (Å²) in [6.45, 7) is 1.53. The molecule has 1 fully saturated rings. The summed E-state index contributed by atoms with van der Waals surface area (Å²) < 4.78 is 5.95. The summed E-state index contributed by atoms with van der Waals surface area (Å²) in [7, 11) is 1.50. The molecular formula is C24H22ClN7O4. The second-order valence-corrected chi connectivity index (χ2v) is 8.61. The number of amides is 1. The molecule has 4 heterocycles. The summed E-state index contributed by atoms with van der Waals surface area (Å²) in [5.41, 5.74) is -0.0566. The van der Waals surface area contributed by atoms with Crippen molar-refractivity contribution in [1.29, 1.82) is 0 Å². The predicted octanol–water partition coefficient (Wildman–Crippen LogP) is 2.84. The number of pyridine rings is 1. The number of nitrogens with one attached hydrogen (secondary N) is 1. The molecule has 3 aromatic heterocycles. The molecule has 1 aromatic carbocycles. The van der Waals surface area contributed by atoms with Gasteiger partial charge in [-0.15, -0.1) is 0 Å². The van der Waals surface area contributed by atoms with Crippen molar-refractivity contribution in [3.05, 3.63) is 87.8 Å². The first kappa shape index (κ1) is 23.4. The van der Waals surface area contributed by atoms with Crippen LogP contribution in [0.4, 0.5) is 17.5 Å². The third-order valence-corrected chi connectivity index (χ3v) is 6.37. The number of halogens is 1. The van der Waals surface area contributed by atoms with Crippen molar-refractivity contribution in [2.45, 2.75) is 6.04 Å². The minimum absolute atomic E-state index is 0.221. The molecule has 0 bridgehead atoms. The van der Waals surface area contributed by atoms with Crippen molar-refractivity contribution in [3.8, 4) is 5.75 Å². The van der Waals surface area contributed by atoms with Gasteiger partial charge in [0.2, 0.25) is 11.7 Å². The van der Waals surface area contributed by atoms with Gasteiger partial charge < -0.3 is 24.7 Å². The molecule has 0 spiro atoms. The van der Waals surface area contributed by atoms with Crippen molar-refractivity contribution in [1.82, 2.24) is 19.7 Å². The van der Waals surface area contributed by atoms with Gasteiger partial charge in [-0.2, -0.15) is 0 Å². The Bertz CT molecular complexity index is 1440. The van der Waals surface area contributed by atoms with Gasteiger partial charge in [-0.3, -0.25) is 14.2 Å². The van der Waals surface area contributed by atoms with E-state index in [1.54, 1.807) is 12.3 Å². The van der Waals surface area contributed by atoms with E-state index in [1.165, 1.54) is 24.1 Å². The van der Waals surface area contributed by atoms with Crippen molar-refractivity contribution in [2.75, 3.05) is 34.8 Å². The number of aromatic nitrogens is 4. The lowest BCUT2D eigenvalue weighted by atomic mass is 10.0. The van der Waals surface area contributed by atoms with Crippen LogP contribution in [0.15, 0.2) is 70.4 Å². The van der Waals surface area contributed by atoms with Crippen LogP contribution in [0.2, 0.25) is 5.02 Å². The minimum Gasteiger partial charge on any atom is -0.501 e. The van der Waals surface area contributed by atoms with E-state index in [4.69, 9.17) is 16.1 Å². The van der Waals surface area contributed by atoms with E-state index in [2.05, 4.69) is 25.3 Å². The van der Waals surface area contributed by atoms with E-state index in [-0.39, 0.29) is 17.7 Å². The molecule has 1 aliphatic heterocycles. The van der Waals surface area contributed by atoms with Crippen LogP contribution in [-0.4, -0.2) is 50.3 Å². The Kier molecular flexibility index (Phi) is 6.30. The highest BCUT2D eigenvalue weighted by Gasteiger charge is 2.34. The third-order valence-electron chi connectivity index (χ3n) is 6.02. The Morgan fingerprint density at radius 2 is 2.00 bits per heavy atom. The summed E-state index contributed by atoms with van der Waals surface area (Å²) in [4.78, 5) is 38.8. The fourth-order valence-corrected chi connectivity index (χ4v) is 4.50. The van der Waals surface area contributed by atoms with E-state index < -0.39 is 22.9 Å². The average molecular weight is 508 g/mol. The Labute approximate surface area is 210 Å². The number of anilines is 3. The maximum Gasteiger partial charge on any atom is 0.297 e. The zero-order valence-electron chi connectivity index (χ0n) is 19.2. The van der Waals surface area contributed by atoms with Gasteiger partial charge in [0.15, 0.2) is 5.69 Å². The maximum absolute atomic E-state index is 12.9. The number of nitrogens with zero attached hydrogens (tertiary/aromatic N) is 6. The number of hydrogen-bond acceptors (Lipinski definition) is 9. The summed E-state index contributed by atoms with van der Waals surface area (Å²) >= 11 is 6.59. The van der Waals surface area contributed by atoms with Gasteiger partial charge in [0, 0.05) is 37.9 Å². The topological polar surface area (TPSA) is 130 Å². The van der Waals surface area contributed by atoms with Crippen molar-refractivity contribution >= 4 is 35.0 Å². The normalized spacial score (nSPS) is 15.7. The van der Waals surface area contributed by atoms with Crippen LogP contribution >= 0.6 is 11.6 Å². The standard InChI is InChI=1S/C24H22ClN7O4/c1-30-23(35)21(33)20(22(34)28-15-12-27-36-14-15)29-24(30)32-11-10-31(19-8-4-5-9-26-19)13-18(32)16-6-2-3-7-17(16)25/h2-9,12,14,18,33H,10-11,13H2,1H3,(H,28,34)/t18-/m1/s1. The second kappa shape index (κ2) is 9.70. The number of carbonyl (C=O) groups excluding carboxylic acids is 1. The molecule has 0 saturated carbocycles. The van der Waals surface area contributed by atoms with Gasteiger partial charge in [0.1, 0.15) is 17.8 Å². The van der Waals surface area contributed by atoms with Gasteiger partial charge >= 0.3 is 0 Å². The SMILES string of the molecule is Cn1c(N2CCN(c3ccccn3)C[C@@H]2c2ccccc2Cl)nc(C(=O)Nc2cnoc2)c(O)c1=O. The highest BCUT2D eigenvalue weighted by molar-refractivity contribution is 6.31. The highest BCUT2D eigenvalue weighted by Crippen LogP contribution is 2.34. The van der Waals surface area contributed by atoms with Crippen LogP contribution in [-0.2, 0) is 7.05 Å². The lowest BCUT2D eigenvalue weighted by Crippen LogP contribution is -2.50. The van der Waals surface area contributed by atoms with Gasteiger partial charge in [0.05, 0.1) is 12.2 Å². The zero-order chi connectivity index (χ0) is 25.2. The molecule has 0 unspecified atom stereocenters.